The van der Waals surface area contributed by atoms with Crippen LogP contribution in [-0.2, 0) is 16.4 Å². The van der Waals surface area contributed by atoms with Crippen LogP contribution in [0.4, 0.5) is 5.69 Å². The third kappa shape index (κ3) is 3.99. The molecule has 0 saturated carbocycles. The zero-order valence-corrected chi connectivity index (χ0v) is 18.6. The molecule has 9 heteroatoms. The van der Waals surface area contributed by atoms with Crippen LogP contribution in [0.3, 0.4) is 0 Å². The number of anilines is 1. The largest absolute Gasteiger partial charge is 0.411 e. The van der Waals surface area contributed by atoms with Gasteiger partial charge in [0.15, 0.2) is 0 Å². The van der Waals surface area contributed by atoms with E-state index in [0.717, 1.165) is 35.6 Å². The minimum absolute atomic E-state index is 0.0308. The van der Waals surface area contributed by atoms with Gasteiger partial charge in [-0.15, -0.1) is 11.3 Å². The van der Waals surface area contributed by atoms with Crippen LogP contribution in [0, 0.1) is 0 Å². The van der Waals surface area contributed by atoms with E-state index < -0.39 is 16.1 Å². The van der Waals surface area contributed by atoms with Crippen molar-refractivity contribution < 1.29 is 18.7 Å². The highest BCUT2D eigenvalue weighted by molar-refractivity contribution is 7.89. The van der Waals surface area contributed by atoms with Crippen LogP contribution < -0.4 is 4.90 Å². The summed E-state index contributed by atoms with van der Waals surface area (Å²) in [4.78, 5) is 3.31. The van der Waals surface area contributed by atoms with E-state index in [1.165, 1.54) is 35.5 Å². The minimum Gasteiger partial charge on any atom is -0.411 e. The molecule has 1 unspecified atom stereocenters. The van der Waals surface area contributed by atoms with Gasteiger partial charge in [-0.1, -0.05) is 17.3 Å². The zero-order valence-electron chi connectivity index (χ0n) is 17.0. The molecule has 1 aromatic carbocycles. The van der Waals surface area contributed by atoms with Gasteiger partial charge in [-0.2, -0.15) is 4.31 Å². The Morgan fingerprint density at radius 1 is 1.17 bits per heavy atom. The average molecular weight is 450 g/mol. The molecule has 4 rings (SSSR count). The van der Waals surface area contributed by atoms with Crippen LogP contribution >= 0.6 is 11.3 Å². The van der Waals surface area contributed by atoms with Crippen molar-refractivity contribution in [2.24, 2.45) is 5.16 Å². The summed E-state index contributed by atoms with van der Waals surface area (Å²) in [5.41, 5.74) is 3.09. The van der Waals surface area contributed by atoms with Gasteiger partial charge in [0.2, 0.25) is 10.0 Å². The lowest BCUT2D eigenvalue weighted by molar-refractivity contribution is 0.155. The summed E-state index contributed by atoms with van der Waals surface area (Å²) in [5, 5.41) is 24.8. The highest BCUT2D eigenvalue weighted by Crippen LogP contribution is 2.35. The monoisotopic (exact) mass is 449 g/mol. The molecule has 2 aliphatic rings. The number of aliphatic hydroxyl groups is 1. The summed E-state index contributed by atoms with van der Waals surface area (Å²) in [6, 6.07) is 7.72. The van der Waals surface area contributed by atoms with Crippen molar-refractivity contribution in [1.29, 1.82) is 0 Å². The Hall–Kier alpha value is -1.94. The molecule has 2 N–H and O–H groups in total. The topological polar surface area (TPSA) is 93.4 Å². The maximum atomic E-state index is 13.2. The summed E-state index contributed by atoms with van der Waals surface area (Å²) in [7, 11) is -2.26. The Balaban J connectivity index is 1.49. The standard InChI is InChI=1S/C21H27N3O4S2/c1-23(13-19(25)15-7-9-16(10-8-15)24-11-2-3-12-24)30(27,28)20-14-29-21-17(20)5-4-6-18(21)22-26/h7-10,14,19,25-26H,2-6,11-13H2,1H3/b22-18-. The van der Waals surface area contributed by atoms with Gasteiger partial charge in [0.05, 0.1) is 21.6 Å². The van der Waals surface area contributed by atoms with Crippen molar-refractivity contribution in [3.05, 3.63) is 45.6 Å². The van der Waals surface area contributed by atoms with Gasteiger partial charge >= 0.3 is 0 Å². The summed E-state index contributed by atoms with van der Waals surface area (Å²) in [6.45, 7) is 2.07. The number of hydrogen-bond donors (Lipinski definition) is 2. The molecule has 1 saturated heterocycles. The Morgan fingerprint density at radius 2 is 1.87 bits per heavy atom. The molecule has 1 aliphatic heterocycles. The zero-order chi connectivity index (χ0) is 21.3. The number of fused-ring (bicyclic) bond motifs is 1. The molecule has 0 amide bonds. The van der Waals surface area contributed by atoms with Gasteiger partial charge in [-0.3, -0.25) is 0 Å². The molecule has 0 bridgehead atoms. The summed E-state index contributed by atoms with van der Waals surface area (Å²) >= 11 is 1.29. The number of oxime groups is 1. The third-order valence-corrected chi connectivity index (χ3v) is 9.06. The van der Waals surface area contributed by atoms with Gasteiger partial charge in [0.25, 0.3) is 0 Å². The predicted octanol–water partition coefficient (Wildman–Crippen LogP) is 3.22. The number of nitrogens with zero attached hydrogens (tertiary/aromatic N) is 3. The molecule has 1 aliphatic carbocycles. The number of aliphatic hydroxyl groups excluding tert-OH is 1. The van der Waals surface area contributed by atoms with Gasteiger partial charge < -0.3 is 15.2 Å². The van der Waals surface area contributed by atoms with Crippen LogP contribution in [0.2, 0.25) is 0 Å². The Labute approximate surface area is 181 Å². The quantitative estimate of drug-likeness (QED) is 0.522. The van der Waals surface area contributed by atoms with Crippen LogP contribution in [0.15, 0.2) is 39.7 Å². The fourth-order valence-corrected chi connectivity index (χ4v) is 7.09. The van der Waals surface area contributed by atoms with Crippen molar-refractivity contribution in [1.82, 2.24) is 4.31 Å². The molecule has 1 aromatic heterocycles. The van der Waals surface area contributed by atoms with Crippen molar-refractivity contribution in [3.8, 4) is 0 Å². The summed E-state index contributed by atoms with van der Waals surface area (Å²) in [6.07, 6.45) is 3.52. The van der Waals surface area contributed by atoms with E-state index in [4.69, 9.17) is 0 Å². The van der Waals surface area contributed by atoms with Crippen molar-refractivity contribution in [2.75, 3.05) is 31.6 Å². The van der Waals surface area contributed by atoms with Crippen LogP contribution in [0.5, 0.6) is 0 Å². The molecule has 2 aromatic rings. The van der Waals surface area contributed by atoms with Crippen LogP contribution in [-0.4, -0.2) is 55.4 Å². The first-order chi connectivity index (χ1) is 14.4. The molecule has 2 heterocycles. The van der Waals surface area contributed by atoms with Crippen molar-refractivity contribution in [3.63, 3.8) is 0 Å². The lowest BCUT2D eigenvalue weighted by atomic mass is 9.98. The van der Waals surface area contributed by atoms with E-state index >= 15 is 0 Å². The van der Waals surface area contributed by atoms with Crippen molar-refractivity contribution in [2.45, 2.75) is 43.1 Å². The van der Waals surface area contributed by atoms with Gasteiger partial charge in [-0.05, 0) is 55.4 Å². The second kappa shape index (κ2) is 8.66. The molecule has 0 radical (unpaired) electrons. The molecular weight excluding hydrogens is 422 g/mol. The Morgan fingerprint density at radius 3 is 2.53 bits per heavy atom. The number of likely N-dealkylation sites (N-methyl/N-ethyl adjacent to an activating group) is 1. The highest BCUT2D eigenvalue weighted by Gasteiger charge is 2.31. The number of hydrogen-bond acceptors (Lipinski definition) is 7. The maximum absolute atomic E-state index is 13.2. The molecule has 1 fully saturated rings. The fourth-order valence-electron chi connectivity index (χ4n) is 4.20. The van der Waals surface area contributed by atoms with Gasteiger partial charge in [0.1, 0.15) is 0 Å². The first-order valence-corrected chi connectivity index (χ1v) is 12.5. The number of thiophene rings is 1. The van der Waals surface area contributed by atoms with E-state index in [-0.39, 0.29) is 11.4 Å². The third-order valence-electron chi connectivity index (χ3n) is 5.95. The van der Waals surface area contributed by atoms with E-state index in [1.807, 2.05) is 24.3 Å². The lowest BCUT2D eigenvalue weighted by Crippen LogP contribution is -2.32. The molecular formula is C21H27N3O4S2. The number of benzene rings is 1. The second-order valence-corrected chi connectivity index (χ2v) is 10.8. The molecule has 7 nitrogen and oxygen atoms in total. The fraction of sp³-hybridized carbons (Fsp3) is 0.476. The second-order valence-electron chi connectivity index (χ2n) is 7.89. The highest BCUT2D eigenvalue weighted by atomic mass is 32.2. The van der Waals surface area contributed by atoms with Crippen LogP contribution in [0.25, 0.3) is 0 Å². The first-order valence-electron chi connectivity index (χ1n) is 10.2. The summed E-state index contributed by atoms with van der Waals surface area (Å²) < 4.78 is 27.5. The van der Waals surface area contributed by atoms with Gasteiger partial charge in [0, 0.05) is 37.7 Å². The van der Waals surface area contributed by atoms with E-state index in [9.17, 15) is 18.7 Å². The van der Waals surface area contributed by atoms with Crippen LogP contribution in [0.1, 0.15) is 47.8 Å². The molecule has 1 atom stereocenters. The normalized spacial score (nSPS) is 19.4. The Kier molecular flexibility index (Phi) is 6.15. The van der Waals surface area contributed by atoms with E-state index in [0.29, 0.717) is 24.1 Å². The lowest BCUT2D eigenvalue weighted by Gasteiger charge is -2.23. The first kappa shape index (κ1) is 21.3. The minimum atomic E-state index is -3.75. The number of rotatable bonds is 6. The SMILES string of the molecule is CN(CC(O)c1ccc(N2CCCC2)cc1)S(=O)(=O)c1csc2c1CCC/C2=N/O. The predicted molar refractivity (Wildman–Crippen MR) is 118 cm³/mol. The Bertz CT molecular complexity index is 1030. The average Bonchev–Trinajstić information content (AvgIpc) is 3.43. The summed E-state index contributed by atoms with van der Waals surface area (Å²) in [5.74, 6) is 0. The number of sulfonamides is 1. The molecule has 0 spiro atoms. The van der Waals surface area contributed by atoms with Crippen molar-refractivity contribution >= 4 is 32.8 Å². The van der Waals surface area contributed by atoms with E-state index in [1.54, 1.807) is 5.38 Å². The molecule has 162 valence electrons. The molecule has 30 heavy (non-hydrogen) atoms. The van der Waals surface area contributed by atoms with E-state index in [2.05, 4.69) is 10.1 Å². The smallest absolute Gasteiger partial charge is 0.244 e. The maximum Gasteiger partial charge on any atom is 0.244 e. The van der Waals surface area contributed by atoms with Gasteiger partial charge in [-0.25, -0.2) is 8.42 Å².